The quantitative estimate of drug-likeness (QED) is 0.122. The van der Waals surface area contributed by atoms with Gasteiger partial charge in [-0.2, -0.15) is 0 Å². The molecule has 3 aromatic heterocycles. The monoisotopic (exact) mass is 925 g/mol. The van der Waals surface area contributed by atoms with Crippen molar-refractivity contribution < 1.29 is 8.83 Å². The minimum Gasteiger partial charge on any atom is -0.459 e. The zero-order valence-corrected chi connectivity index (χ0v) is 39.9. The highest BCUT2D eigenvalue weighted by Gasteiger charge is 2.51. The summed E-state index contributed by atoms with van der Waals surface area (Å²) in [4.78, 5) is 2.33. The number of para-hydroxylation sites is 2. The molecule has 3 nitrogen and oxygen atoms in total. The van der Waals surface area contributed by atoms with Gasteiger partial charge in [-0.15, -0.1) is 0 Å². The minimum absolute atomic E-state index is 0.0181. The van der Waals surface area contributed by atoms with E-state index in [1.54, 1.807) is 0 Å². The number of rotatable bonds is 12. The van der Waals surface area contributed by atoms with Gasteiger partial charge in [-0.05, 0) is 147 Å². The van der Waals surface area contributed by atoms with Crippen molar-refractivity contribution in [2.45, 2.75) is 37.0 Å². The fourth-order valence-electron chi connectivity index (χ4n) is 12.1. The topological polar surface area (TPSA) is 29.5 Å². The van der Waals surface area contributed by atoms with Crippen molar-refractivity contribution in [2.24, 2.45) is 5.92 Å². The Morgan fingerprint density at radius 3 is 1.68 bits per heavy atom. The lowest BCUT2D eigenvalue weighted by Gasteiger charge is -2.25. The maximum atomic E-state index is 7.33. The highest BCUT2D eigenvalue weighted by Crippen LogP contribution is 2.63. The van der Waals surface area contributed by atoms with Crippen LogP contribution in [0.15, 0.2) is 251 Å². The molecule has 1 fully saturated rings. The fourth-order valence-corrected chi connectivity index (χ4v) is 12.1. The number of benzene rings is 10. The van der Waals surface area contributed by atoms with Crippen LogP contribution < -0.4 is 4.90 Å². The third kappa shape index (κ3) is 7.43. The molecule has 4 unspecified atom stereocenters. The normalized spacial score (nSPS) is 17.2. The Bertz CT molecular complexity index is 3840. The summed E-state index contributed by atoms with van der Waals surface area (Å²) in [7, 11) is 0. The van der Waals surface area contributed by atoms with Gasteiger partial charge in [0, 0.05) is 39.3 Å². The Kier molecular flexibility index (Phi) is 10.3. The zero-order valence-electron chi connectivity index (χ0n) is 39.9. The predicted molar refractivity (Wildman–Crippen MR) is 298 cm³/mol. The average Bonchev–Trinajstić information content (AvgIpc) is 3.68. The SMILES string of the molecule is C1=Cc2c(oc3c2c(-c2ccccc2)cc2c4ccc(o4)c23)C(c2cc(-c3ccc(N(c4ccccc4)c4ccccc4)cc3)cc(C3C(CCc4ccc(-c5ccccc5)cc4)C3c3ccccc3)c2)C1. The van der Waals surface area contributed by atoms with Crippen LogP contribution in [-0.2, 0) is 6.42 Å². The molecule has 72 heavy (non-hydrogen) atoms. The van der Waals surface area contributed by atoms with E-state index in [1.165, 1.54) is 61.2 Å². The first kappa shape index (κ1) is 42.2. The first-order valence-corrected chi connectivity index (χ1v) is 25.5. The lowest BCUT2D eigenvalue weighted by Crippen LogP contribution is -2.09. The second-order valence-corrected chi connectivity index (χ2v) is 19.8. The lowest BCUT2D eigenvalue weighted by atomic mass is 9.83. The van der Waals surface area contributed by atoms with Gasteiger partial charge in [-0.3, -0.25) is 0 Å². The first-order valence-electron chi connectivity index (χ1n) is 25.5. The van der Waals surface area contributed by atoms with E-state index < -0.39 is 0 Å². The number of allylic oxidation sites excluding steroid dienone is 1. The maximum absolute atomic E-state index is 7.33. The molecule has 0 saturated heterocycles. The molecule has 2 bridgehead atoms. The maximum Gasteiger partial charge on any atom is 0.147 e. The van der Waals surface area contributed by atoms with Crippen LogP contribution in [0.25, 0.3) is 72.4 Å². The molecule has 344 valence electrons. The van der Waals surface area contributed by atoms with Gasteiger partial charge in [0.2, 0.25) is 0 Å². The minimum atomic E-state index is 0.0181. The molecule has 1 saturated carbocycles. The summed E-state index contributed by atoms with van der Waals surface area (Å²) in [5.74, 6) is 2.34. The largest absolute Gasteiger partial charge is 0.459 e. The van der Waals surface area contributed by atoms with E-state index in [0.717, 1.165) is 75.0 Å². The van der Waals surface area contributed by atoms with Crippen molar-refractivity contribution >= 4 is 56.0 Å². The Labute approximate surface area is 420 Å². The Hall–Kier alpha value is -8.66. The van der Waals surface area contributed by atoms with Crippen molar-refractivity contribution in [3.05, 3.63) is 276 Å². The van der Waals surface area contributed by atoms with Gasteiger partial charge in [-0.1, -0.05) is 194 Å². The summed E-state index contributed by atoms with van der Waals surface area (Å²) in [5.41, 5.74) is 20.0. The number of furan rings is 3. The van der Waals surface area contributed by atoms with E-state index >= 15 is 0 Å². The van der Waals surface area contributed by atoms with Crippen molar-refractivity contribution in [1.82, 2.24) is 0 Å². The Morgan fingerprint density at radius 1 is 0.431 bits per heavy atom. The van der Waals surface area contributed by atoms with E-state index in [2.05, 4.69) is 254 Å². The van der Waals surface area contributed by atoms with Crippen LogP contribution in [0.5, 0.6) is 0 Å². The van der Waals surface area contributed by atoms with E-state index in [9.17, 15) is 0 Å². The molecule has 9 aromatic carbocycles. The van der Waals surface area contributed by atoms with E-state index in [-0.39, 0.29) is 5.92 Å². The summed E-state index contributed by atoms with van der Waals surface area (Å²) in [6.07, 6.45) is 7.67. The van der Waals surface area contributed by atoms with Gasteiger partial charge in [0.1, 0.15) is 22.5 Å². The molecule has 0 amide bonds. The third-order valence-corrected chi connectivity index (χ3v) is 15.6. The van der Waals surface area contributed by atoms with Crippen LogP contribution in [0.4, 0.5) is 17.1 Å². The average molecular weight is 926 g/mol. The molecule has 3 heteroatoms. The van der Waals surface area contributed by atoms with E-state index in [1.807, 2.05) is 0 Å². The van der Waals surface area contributed by atoms with E-state index in [4.69, 9.17) is 8.83 Å². The number of fused-ring (bicyclic) bond motifs is 9. The molecular weight excluding hydrogens is 875 g/mol. The van der Waals surface area contributed by atoms with Crippen molar-refractivity contribution in [3.63, 3.8) is 0 Å². The van der Waals surface area contributed by atoms with Gasteiger partial charge in [0.25, 0.3) is 0 Å². The van der Waals surface area contributed by atoms with Crippen LogP contribution in [0, 0.1) is 5.92 Å². The van der Waals surface area contributed by atoms with Gasteiger partial charge in [-0.25, -0.2) is 0 Å². The molecular formula is C69H51NO2. The molecule has 2 aliphatic carbocycles. The van der Waals surface area contributed by atoms with Gasteiger partial charge in [0.05, 0.1) is 5.39 Å². The molecule has 0 N–H and O–H groups in total. The molecule has 0 radical (unpaired) electrons. The predicted octanol–water partition coefficient (Wildman–Crippen LogP) is 18.9. The number of aryl methyl sites for hydroxylation is 1. The second kappa shape index (κ2) is 17.6. The number of anilines is 3. The van der Waals surface area contributed by atoms with Crippen LogP contribution in [-0.4, -0.2) is 0 Å². The van der Waals surface area contributed by atoms with Crippen LogP contribution in [0.1, 0.15) is 64.2 Å². The zero-order chi connectivity index (χ0) is 47.5. The third-order valence-electron chi connectivity index (χ3n) is 15.6. The Morgan fingerprint density at radius 2 is 0.986 bits per heavy atom. The van der Waals surface area contributed by atoms with Crippen LogP contribution >= 0.6 is 0 Å². The highest BCUT2D eigenvalue weighted by molar-refractivity contribution is 6.23. The molecule has 0 spiro atoms. The Balaban J connectivity index is 0.891. The fraction of sp³-hybridized carbons (Fsp3) is 0.101. The van der Waals surface area contributed by atoms with E-state index in [0.29, 0.717) is 17.8 Å². The molecule has 2 aliphatic rings. The number of nitrogens with zero attached hydrogens (tertiary/aromatic N) is 1. The van der Waals surface area contributed by atoms with Crippen LogP contribution in [0.3, 0.4) is 0 Å². The van der Waals surface area contributed by atoms with Gasteiger partial charge < -0.3 is 13.7 Å². The van der Waals surface area contributed by atoms with Gasteiger partial charge in [0.15, 0.2) is 0 Å². The van der Waals surface area contributed by atoms with Crippen molar-refractivity contribution in [3.8, 4) is 33.4 Å². The van der Waals surface area contributed by atoms with Crippen LogP contribution in [0.2, 0.25) is 0 Å². The first-order chi connectivity index (χ1) is 35.7. The number of hydrogen-bond donors (Lipinski definition) is 0. The second-order valence-electron chi connectivity index (χ2n) is 19.8. The molecule has 0 aliphatic heterocycles. The lowest BCUT2D eigenvalue weighted by molar-refractivity contribution is 0.518. The molecule has 3 heterocycles. The van der Waals surface area contributed by atoms with Crippen molar-refractivity contribution in [2.75, 3.05) is 4.90 Å². The summed E-state index contributed by atoms with van der Waals surface area (Å²) >= 11 is 0. The summed E-state index contributed by atoms with van der Waals surface area (Å²) < 4.78 is 13.7. The van der Waals surface area contributed by atoms with Gasteiger partial charge >= 0.3 is 0 Å². The smallest absolute Gasteiger partial charge is 0.147 e. The standard InChI is InChI=1S/C69H51NO2/c1-6-17-46(18-7-1)47-32-29-45(30-33-47)31-38-58-64(50-21-10-3-11-22-50)65(58)53-42-51(48-34-36-56(37-35-48)70(54-23-12-4-13-24-54)55-25-14-5-15-26-55)41-52(43-53)57-27-16-28-59-66-60(49-19-8-2-9-20-49)44-61-62-39-40-63(71-62)67(61)69(66)72-68(57)59/h1-26,28-30,32-37,39-44,57-58,64-65H,27,31,38H2. The summed E-state index contributed by atoms with van der Waals surface area (Å²) in [5, 5.41) is 3.33. The summed E-state index contributed by atoms with van der Waals surface area (Å²) in [6.45, 7) is 0. The van der Waals surface area contributed by atoms with Crippen molar-refractivity contribution in [1.29, 1.82) is 0 Å². The molecule has 14 rings (SSSR count). The summed E-state index contributed by atoms with van der Waals surface area (Å²) in [6, 6.07) is 86.5. The molecule has 12 aromatic rings. The molecule has 4 atom stereocenters. The number of hydrogen-bond acceptors (Lipinski definition) is 3. The highest BCUT2D eigenvalue weighted by atomic mass is 16.3.